The Hall–Kier alpha value is -3.15. The lowest BCUT2D eigenvalue weighted by Crippen LogP contribution is -2.19. The van der Waals surface area contributed by atoms with E-state index in [-0.39, 0.29) is 12.6 Å². The summed E-state index contributed by atoms with van der Waals surface area (Å²) in [5.74, 6) is 3.73. The number of imidazole rings is 1. The number of ether oxygens (including phenoxy) is 2. The number of fused-ring (bicyclic) bond motifs is 3. The molecule has 1 saturated carbocycles. The molecule has 0 spiro atoms. The number of nitrogens with zero attached hydrogens (tertiary/aromatic N) is 2. The van der Waals surface area contributed by atoms with E-state index in [0.717, 1.165) is 64.9 Å². The lowest BCUT2D eigenvalue weighted by Gasteiger charge is -2.32. The Balaban J connectivity index is 1.20. The molecule has 6 heteroatoms. The molecule has 1 aliphatic heterocycles. The van der Waals surface area contributed by atoms with Gasteiger partial charge in [0.25, 0.3) is 0 Å². The van der Waals surface area contributed by atoms with Crippen LogP contribution in [0.1, 0.15) is 55.8 Å². The largest absolute Gasteiger partial charge is 0.454 e. The standard InChI is InChI=1S/C25H24FN3O2/c1-14(25-28-21-11-23-24(31-13-30-23)12-22(21)29-25)15-2-4-16(5-3-15)18-8-9-27-20-7-6-17(26)10-19(18)20/h6-12,14-16H,2-5,13H2,1H3,(H,28,29)/t14-,15?,16?/m1/s1. The molecule has 0 amide bonds. The van der Waals surface area contributed by atoms with Crippen LogP contribution in [0.4, 0.5) is 4.39 Å². The number of halogens is 1. The molecule has 1 atom stereocenters. The highest BCUT2D eigenvalue weighted by atomic mass is 19.1. The Labute approximate surface area is 179 Å². The van der Waals surface area contributed by atoms with Gasteiger partial charge in [0.15, 0.2) is 11.5 Å². The van der Waals surface area contributed by atoms with Crippen molar-refractivity contribution in [1.29, 1.82) is 0 Å². The topological polar surface area (TPSA) is 60.0 Å². The van der Waals surface area contributed by atoms with E-state index in [4.69, 9.17) is 14.5 Å². The van der Waals surface area contributed by atoms with Gasteiger partial charge in [0.1, 0.15) is 11.6 Å². The Kier molecular flexibility index (Phi) is 4.33. The van der Waals surface area contributed by atoms with E-state index in [0.29, 0.717) is 17.8 Å². The fourth-order valence-electron chi connectivity index (χ4n) is 5.28. The molecule has 0 bridgehead atoms. The molecular weight excluding hydrogens is 393 g/mol. The summed E-state index contributed by atoms with van der Waals surface area (Å²) in [7, 11) is 0. The van der Waals surface area contributed by atoms with Gasteiger partial charge in [-0.05, 0) is 67.3 Å². The Morgan fingerprint density at radius 2 is 1.81 bits per heavy atom. The van der Waals surface area contributed by atoms with E-state index < -0.39 is 0 Å². The van der Waals surface area contributed by atoms with Crippen LogP contribution in [0.2, 0.25) is 0 Å². The lowest BCUT2D eigenvalue weighted by molar-refractivity contribution is 0.174. The predicted molar refractivity (Wildman–Crippen MR) is 117 cm³/mol. The van der Waals surface area contributed by atoms with Crippen molar-refractivity contribution in [2.75, 3.05) is 6.79 Å². The van der Waals surface area contributed by atoms with E-state index in [1.807, 2.05) is 18.3 Å². The van der Waals surface area contributed by atoms with Crippen molar-refractivity contribution in [2.45, 2.75) is 44.4 Å². The summed E-state index contributed by atoms with van der Waals surface area (Å²) in [6.45, 7) is 2.54. The molecule has 5 nitrogen and oxygen atoms in total. The third-order valence-electron chi connectivity index (χ3n) is 7.08. The number of pyridine rings is 1. The molecule has 1 fully saturated rings. The van der Waals surface area contributed by atoms with Gasteiger partial charge in [-0.25, -0.2) is 9.37 Å². The number of aromatic nitrogens is 3. The van der Waals surface area contributed by atoms with Gasteiger partial charge in [0, 0.05) is 29.6 Å². The van der Waals surface area contributed by atoms with Crippen LogP contribution in [-0.4, -0.2) is 21.7 Å². The first kappa shape index (κ1) is 18.6. The number of H-pyrrole nitrogens is 1. The van der Waals surface area contributed by atoms with Crippen LogP contribution < -0.4 is 9.47 Å². The minimum absolute atomic E-state index is 0.198. The third-order valence-corrected chi connectivity index (χ3v) is 7.08. The first-order valence-corrected chi connectivity index (χ1v) is 11.0. The van der Waals surface area contributed by atoms with Gasteiger partial charge in [-0.3, -0.25) is 4.98 Å². The summed E-state index contributed by atoms with van der Waals surface area (Å²) in [5, 5.41) is 0.953. The summed E-state index contributed by atoms with van der Waals surface area (Å²) in [5.41, 5.74) is 4.01. The number of nitrogens with one attached hydrogen (secondary N) is 1. The number of aromatic amines is 1. The number of benzene rings is 2. The highest BCUT2D eigenvalue weighted by Gasteiger charge is 2.29. The molecule has 158 valence electrons. The van der Waals surface area contributed by atoms with Crippen LogP contribution in [0.3, 0.4) is 0 Å². The minimum Gasteiger partial charge on any atom is -0.454 e. The molecule has 1 N–H and O–H groups in total. The monoisotopic (exact) mass is 417 g/mol. The summed E-state index contributed by atoms with van der Waals surface area (Å²) in [6, 6.07) is 10.9. The first-order chi connectivity index (χ1) is 15.2. The van der Waals surface area contributed by atoms with Crippen molar-refractivity contribution < 1.29 is 13.9 Å². The van der Waals surface area contributed by atoms with Gasteiger partial charge >= 0.3 is 0 Å². The van der Waals surface area contributed by atoms with Crippen molar-refractivity contribution in [3.63, 3.8) is 0 Å². The molecular formula is C25H24FN3O2. The zero-order valence-corrected chi connectivity index (χ0v) is 17.4. The fraction of sp³-hybridized carbons (Fsp3) is 0.360. The van der Waals surface area contributed by atoms with E-state index in [1.165, 1.54) is 11.6 Å². The second-order valence-corrected chi connectivity index (χ2v) is 8.81. The van der Waals surface area contributed by atoms with Gasteiger partial charge in [-0.1, -0.05) is 6.92 Å². The van der Waals surface area contributed by atoms with E-state index in [1.54, 1.807) is 12.1 Å². The van der Waals surface area contributed by atoms with Crippen LogP contribution in [0.15, 0.2) is 42.6 Å². The molecule has 0 radical (unpaired) electrons. The number of hydrogen-bond acceptors (Lipinski definition) is 4. The van der Waals surface area contributed by atoms with Crippen LogP contribution >= 0.6 is 0 Å². The Bertz CT molecular complexity index is 1240. The van der Waals surface area contributed by atoms with Crippen LogP contribution in [0.25, 0.3) is 21.9 Å². The maximum Gasteiger partial charge on any atom is 0.231 e. The molecule has 1 aliphatic carbocycles. The van der Waals surface area contributed by atoms with Gasteiger partial charge < -0.3 is 14.5 Å². The summed E-state index contributed by atoms with van der Waals surface area (Å²) >= 11 is 0. The van der Waals surface area contributed by atoms with Crippen molar-refractivity contribution in [3.05, 3.63) is 59.8 Å². The van der Waals surface area contributed by atoms with Crippen LogP contribution in [0.5, 0.6) is 11.5 Å². The van der Waals surface area contributed by atoms with Gasteiger partial charge in [0.2, 0.25) is 6.79 Å². The first-order valence-electron chi connectivity index (χ1n) is 11.0. The lowest BCUT2D eigenvalue weighted by atomic mass is 9.73. The second-order valence-electron chi connectivity index (χ2n) is 8.81. The molecule has 0 unspecified atom stereocenters. The average molecular weight is 417 g/mol. The fourth-order valence-corrected chi connectivity index (χ4v) is 5.28. The smallest absolute Gasteiger partial charge is 0.231 e. The molecule has 2 aliphatic rings. The second kappa shape index (κ2) is 7.22. The average Bonchev–Trinajstić information content (AvgIpc) is 3.42. The quantitative estimate of drug-likeness (QED) is 0.440. The summed E-state index contributed by atoms with van der Waals surface area (Å²) < 4.78 is 24.8. The molecule has 2 aromatic carbocycles. The molecule has 4 aromatic rings. The molecule has 3 heterocycles. The molecule has 0 saturated heterocycles. The zero-order chi connectivity index (χ0) is 20.9. The molecule has 31 heavy (non-hydrogen) atoms. The van der Waals surface area contributed by atoms with Gasteiger partial charge in [-0.15, -0.1) is 0 Å². The Morgan fingerprint density at radius 3 is 2.65 bits per heavy atom. The van der Waals surface area contributed by atoms with Crippen molar-refractivity contribution in [1.82, 2.24) is 15.0 Å². The van der Waals surface area contributed by atoms with Crippen molar-refractivity contribution in [3.8, 4) is 11.5 Å². The van der Waals surface area contributed by atoms with Crippen molar-refractivity contribution in [2.24, 2.45) is 5.92 Å². The highest BCUT2D eigenvalue weighted by Crippen LogP contribution is 2.43. The maximum atomic E-state index is 13.8. The van der Waals surface area contributed by atoms with E-state index >= 15 is 0 Å². The Morgan fingerprint density at radius 1 is 1.00 bits per heavy atom. The summed E-state index contributed by atoms with van der Waals surface area (Å²) in [6.07, 6.45) is 6.31. The van der Waals surface area contributed by atoms with E-state index in [2.05, 4.69) is 23.0 Å². The molecule has 6 rings (SSSR count). The number of rotatable bonds is 3. The normalized spacial score (nSPS) is 21.6. The van der Waals surface area contributed by atoms with Gasteiger partial charge in [0.05, 0.1) is 16.6 Å². The minimum atomic E-state index is -0.198. The van der Waals surface area contributed by atoms with Crippen molar-refractivity contribution >= 4 is 21.9 Å². The SMILES string of the molecule is C[C@@H](c1nc2cc3c(cc2[nH]1)OCO3)C1CCC(c2ccnc3ccc(F)cc23)CC1. The third kappa shape index (κ3) is 3.21. The summed E-state index contributed by atoms with van der Waals surface area (Å²) in [4.78, 5) is 12.8. The number of hydrogen-bond donors (Lipinski definition) is 1. The molecule has 2 aromatic heterocycles. The van der Waals surface area contributed by atoms with Crippen LogP contribution in [-0.2, 0) is 0 Å². The highest BCUT2D eigenvalue weighted by molar-refractivity contribution is 5.82. The maximum absolute atomic E-state index is 13.8. The van der Waals surface area contributed by atoms with Gasteiger partial charge in [-0.2, -0.15) is 0 Å². The zero-order valence-electron chi connectivity index (χ0n) is 17.4. The van der Waals surface area contributed by atoms with E-state index in [9.17, 15) is 4.39 Å². The predicted octanol–water partition coefficient (Wildman–Crippen LogP) is 6.06. The van der Waals surface area contributed by atoms with Crippen LogP contribution in [0, 0.1) is 11.7 Å².